The van der Waals surface area contributed by atoms with Gasteiger partial charge in [-0.05, 0) is 30.2 Å². The number of aromatic hydroxyl groups is 1. The smallest absolute Gasteiger partial charge is 0.228 e. The van der Waals surface area contributed by atoms with Gasteiger partial charge in [-0.25, -0.2) is 9.97 Å². The summed E-state index contributed by atoms with van der Waals surface area (Å²) in [6, 6.07) is 12.9. The number of fused-ring (bicyclic) bond motifs is 2. The maximum Gasteiger partial charge on any atom is 0.228 e. The van der Waals surface area contributed by atoms with Crippen LogP contribution >= 0.6 is 0 Å². The Kier molecular flexibility index (Phi) is 5.10. The minimum atomic E-state index is -0.249. The van der Waals surface area contributed by atoms with E-state index in [9.17, 15) is 5.11 Å². The second kappa shape index (κ2) is 8.22. The number of aryl methyl sites for hydroxylation is 2. The molecule has 162 valence electrons. The molecular weight excluding hydrogens is 406 g/mol. The third kappa shape index (κ3) is 3.60. The van der Waals surface area contributed by atoms with Crippen molar-refractivity contribution < 1.29 is 14.6 Å². The van der Waals surface area contributed by atoms with Crippen LogP contribution in [0.15, 0.2) is 67.5 Å². The molecule has 0 saturated carbocycles. The standard InChI is InChI=1S/C24H23N5O3/c1-31-18-6-3-16(4-7-18)21-19-8-5-17(30)13-20(19)32-24-22(21)23(25)29(15-27-24)11-2-10-28-12-9-26-14-28/h3-9,12-15,21,25,30H,2,10-11H2,1H3/t21-/m0/s1. The van der Waals surface area contributed by atoms with Gasteiger partial charge in [0, 0.05) is 43.0 Å². The predicted molar refractivity (Wildman–Crippen MR) is 117 cm³/mol. The van der Waals surface area contributed by atoms with Crippen LogP contribution < -0.4 is 15.0 Å². The lowest BCUT2D eigenvalue weighted by atomic mass is 9.84. The van der Waals surface area contributed by atoms with Gasteiger partial charge in [-0.15, -0.1) is 0 Å². The Morgan fingerprint density at radius 3 is 2.72 bits per heavy atom. The van der Waals surface area contributed by atoms with Gasteiger partial charge in [0.25, 0.3) is 0 Å². The molecule has 8 nitrogen and oxygen atoms in total. The van der Waals surface area contributed by atoms with Crippen LogP contribution in [0.1, 0.15) is 29.0 Å². The second-order valence-corrected chi connectivity index (χ2v) is 7.69. The normalized spacial score (nSPS) is 14.3. The number of nitrogens with zero attached hydrogens (tertiary/aromatic N) is 4. The average molecular weight is 429 g/mol. The fourth-order valence-electron chi connectivity index (χ4n) is 4.11. The summed E-state index contributed by atoms with van der Waals surface area (Å²) in [4.78, 5) is 8.60. The Morgan fingerprint density at radius 2 is 1.97 bits per heavy atom. The number of imidazole rings is 1. The average Bonchev–Trinajstić information content (AvgIpc) is 3.33. The van der Waals surface area contributed by atoms with Gasteiger partial charge in [0.1, 0.15) is 29.1 Å². The van der Waals surface area contributed by atoms with Crippen LogP contribution in [-0.2, 0) is 13.1 Å². The van der Waals surface area contributed by atoms with Gasteiger partial charge in [-0.1, -0.05) is 18.2 Å². The lowest BCUT2D eigenvalue weighted by Crippen LogP contribution is -2.30. The van der Waals surface area contributed by atoms with Crippen molar-refractivity contribution in [2.24, 2.45) is 0 Å². The molecule has 1 aliphatic heterocycles. The summed E-state index contributed by atoms with van der Waals surface area (Å²) in [6.45, 7) is 1.46. The molecule has 0 unspecified atom stereocenters. The SMILES string of the molecule is COc1ccc([C@H]2c3ccc(O)cc3Oc3ncn(CCCn4ccnc4)c(=N)c32)cc1. The molecule has 0 radical (unpaired) electrons. The highest BCUT2D eigenvalue weighted by Crippen LogP contribution is 2.46. The van der Waals surface area contributed by atoms with Crippen molar-refractivity contribution in [3.63, 3.8) is 0 Å². The van der Waals surface area contributed by atoms with Crippen LogP contribution in [0.2, 0.25) is 0 Å². The van der Waals surface area contributed by atoms with E-state index in [-0.39, 0.29) is 11.7 Å². The number of phenols is 1. The number of hydrogen-bond acceptors (Lipinski definition) is 6. The Hall–Kier alpha value is -4.07. The van der Waals surface area contributed by atoms with Gasteiger partial charge in [0.05, 0.1) is 19.0 Å². The molecule has 2 aromatic carbocycles. The Balaban J connectivity index is 1.55. The number of rotatable bonds is 6. The predicted octanol–water partition coefficient (Wildman–Crippen LogP) is 3.65. The summed E-state index contributed by atoms with van der Waals surface area (Å²) < 4.78 is 15.2. The second-order valence-electron chi connectivity index (χ2n) is 7.69. The molecule has 2 aromatic heterocycles. The zero-order valence-corrected chi connectivity index (χ0v) is 17.6. The van der Waals surface area contributed by atoms with Gasteiger partial charge >= 0.3 is 0 Å². The van der Waals surface area contributed by atoms with Gasteiger partial charge < -0.3 is 23.7 Å². The van der Waals surface area contributed by atoms with Crippen LogP contribution in [0.25, 0.3) is 0 Å². The Morgan fingerprint density at radius 1 is 1.12 bits per heavy atom. The molecule has 2 N–H and O–H groups in total. The number of nitrogens with one attached hydrogen (secondary N) is 1. The van der Waals surface area contributed by atoms with Crippen molar-refractivity contribution in [3.8, 4) is 23.1 Å². The number of hydrogen-bond donors (Lipinski definition) is 2. The van der Waals surface area contributed by atoms with E-state index in [2.05, 4.69) is 9.97 Å². The van der Waals surface area contributed by atoms with Crippen LogP contribution in [0, 0.1) is 5.41 Å². The Bertz CT molecular complexity index is 1300. The molecule has 0 fully saturated rings. The van der Waals surface area contributed by atoms with Crippen LogP contribution in [-0.4, -0.2) is 31.3 Å². The summed E-state index contributed by atoms with van der Waals surface area (Å²) >= 11 is 0. The van der Waals surface area contributed by atoms with Crippen molar-refractivity contribution in [2.75, 3.05) is 7.11 Å². The van der Waals surface area contributed by atoms with Crippen molar-refractivity contribution in [2.45, 2.75) is 25.4 Å². The van der Waals surface area contributed by atoms with E-state index in [0.717, 1.165) is 29.8 Å². The molecular formula is C24H23N5O3. The summed E-state index contributed by atoms with van der Waals surface area (Å²) in [6.07, 6.45) is 7.96. The summed E-state index contributed by atoms with van der Waals surface area (Å²) in [5, 5.41) is 18.9. The van der Waals surface area contributed by atoms with E-state index in [1.165, 1.54) is 0 Å². The van der Waals surface area contributed by atoms with E-state index in [4.69, 9.17) is 14.9 Å². The van der Waals surface area contributed by atoms with Crippen molar-refractivity contribution in [1.29, 1.82) is 5.41 Å². The topological polar surface area (TPSA) is 98.2 Å². The monoisotopic (exact) mass is 429 g/mol. The lowest BCUT2D eigenvalue weighted by Gasteiger charge is -2.28. The van der Waals surface area contributed by atoms with Gasteiger partial charge in [0.15, 0.2) is 0 Å². The van der Waals surface area contributed by atoms with Gasteiger partial charge in [0.2, 0.25) is 5.88 Å². The molecule has 1 aliphatic rings. The fourth-order valence-corrected chi connectivity index (χ4v) is 4.11. The minimum Gasteiger partial charge on any atom is -0.508 e. The van der Waals surface area contributed by atoms with E-state index >= 15 is 0 Å². The van der Waals surface area contributed by atoms with Crippen LogP contribution in [0.5, 0.6) is 23.1 Å². The van der Waals surface area contributed by atoms with Crippen LogP contribution in [0.4, 0.5) is 0 Å². The maximum atomic E-state index is 9.97. The molecule has 8 heteroatoms. The van der Waals surface area contributed by atoms with E-state index in [1.54, 1.807) is 38.1 Å². The highest BCUT2D eigenvalue weighted by atomic mass is 16.5. The van der Waals surface area contributed by atoms with Gasteiger partial charge in [-0.3, -0.25) is 5.41 Å². The number of ether oxygens (including phenoxy) is 2. The third-order valence-corrected chi connectivity index (χ3v) is 5.71. The molecule has 0 bridgehead atoms. The van der Waals surface area contributed by atoms with Crippen molar-refractivity contribution >= 4 is 0 Å². The summed E-state index contributed by atoms with van der Waals surface area (Å²) in [5.41, 5.74) is 2.94. The van der Waals surface area contributed by atoms with E-state index in [0.29, 0.717) is 29.2 Å². The molecule has 0 saturated heterocycles. The number of methoxy groups -OCH3 is 1. The first kappa shape index (κ1) is 19.9. The first-order chi connectivity index (χ1) is 15.6. The molecule has 32 heavy (non-hydrogen) atoms. The summed E-state index contributed by atoms with van der Waals surface area (Å²) in [5.74, 6) is 1.57. The highest BCUT2D eigenvalue weighted by Gasteiger charge is 2.32. The Labute approximate surface area is 184 Å². The molecule has 5 rings (SSSR count). The minimum absolute atomic E-state index is 0.122. The molecule has 3 heterocycles. The third-order valence-electron chi connectivity index (χ3n) is 5.71. The first-order valence-corrected chi connectivity index (χ1v) is 10.4. The molecule has 0 amide bonds. The molecule has 4 aromatic rings. The van der Waals surface area contributed by atoms with Gasteiger partial charge in [-0.2, -0.15) is 0 Å². The molecule has 0 aliphatic carbocycles. The fraction of sp³-hybridized carbons (Fsp3) is 0.208. The molecule has 1 atom stereocenters. The van der Waals surface area contributed by atoms with Crippen LogP contribution in [0.3, 0.4) is 0 Å². The quantitative estimate of drug-likeness (QED) is 0.429. The van der Waals surface area contributed by atoms with E-state index in [1.807, 2.05) is 45.7 Å². The zero-order chi connectivity index (χ0) is 22.1. The maximum absolute atomic E-state index is 9.97. The lowest BCUT2D eigenvalue weighted by molar-refractivity contribution is 0.410. The molecule has 0 spiro atoms. The van der Waals surface area contributed by atoms with Crippen molar-refractivity contribution in [1.82, 2.24) is 19.1 Å². The van der Waals surface area contributed by atoms with Crippen molar-refractivity contribution in [3.05, 3.63) is 89.7 Å². The largest absolute Gasteiger partial charge is 0.508 e. The van der Waals surface area contributed by atoms with E-state index < -0.39 is 0 Å². The number of phenolic OH excluding ortho intramolecular Hbond substituents is 1. The first-order valence-electron chi connectivity index (χ1n) is 10.4. The summed E-state index contributed by atoms with van der Waals surface area (Å²) in [7, 11) is 1.63. The number of aromatic nitrogens is 4. The zero-order valence-electron chi connectivity index (χ0n) is 17.6. The number of benzene rings is 2. The highest BCUT2D eigenvalue weighted by molar-refractivity contribution is 5.57.